The van der Waals surface area contributed by atoms with Gasteiger partial charge in [0.05, 0.1) is 23.9 Å². The van der Waals surface area contributed by atoms with Crippen LogP contribution in [0.4, 0.5) is 5.69 Å². The van der Waals surface area contributed by atoms with Crippen LogP contribution in [0.25, 0.3) is 0 Å². The second-order valence-corrected chi connectivity index (χ2v) is 8.80. The molecule has 3 fully saturated rings. The number of carbonyl (C=O) groups excluding carboxylic acids is 3. The second kappa shape index (κ2) is 6.39. The van der Waals surface area contributed by atoms with Crippen molar-refractivity contribution >= 4 is 23.5 Å². The highest BCUT2D eigenvalue weighted by Gasteiger charge is 2.67. The monoisotopic (exact) mass is 399 g/mol. The Morgan fingerprint density at radius 2 is 1.47 bits per heavy atom. The first-order valence-electron chi connectivity index (χ1n) is 10.5. The number of amides is 2. The fourth-order valence-corrected chi connectivity index (χ4v) is 5.80. The summed E-state index contributed by atoms with van der Waals surface area (Å²) >= 11 is 0. The van der Waals surface area contributed by atoms with E-state index >= 15 is 0 Å². The summed E-state index contributed by atoms with van der Waals surface area (Å²) in [5.74, 6) is 1.07. The first kappa shape index (κ1) is 17.6. The smallest absolute Gasteiger partial charge is 0.315 e. The number of hydrogen-bond donors (Lipinski definition) is 0. The lowest BCUT2D eigenvalue weighted by Gasteiger charge is -2.37. The number of hydrogen-bond acceptors (Lipinski definition) is 4. The zero-order valence-corrected chi connectivity index (χ0v) is 16.3. The van der Waals surface area contributed by atoms with Gasteiger partial charge in [-0.05, 0) is 59.9 Å². The van der Waals surface area contributed by atoms with Gasteiger partial charge in [-0.1, -0.05) is 42.5 Å². The Balaban J connectivity index is 1.18. The minimum Gasteiger partial charge on any atom is -0.426 e. The van der Waals surface area contributed by atoms with Crippen molar-refractivity contribution < 1.29 is 19.1 Å². The molecule has 2 aromatic carbocycles. The van der Waals surface area contributed by atoms with Crippen molar-refractivity contribution in [2.75, 3.05) is 4.90 Å². The van der Waals surface area contributed by atoms with Gasteiger partial charge in [0.25, 0.3) is 0 Å². The van der Waals surface area contributed by atoms with Gasteiger partial charge in [0.2, 0.25) is 11.8 Å². The summed E-state index contributed by atoms with van der Waals surface area (Å²) in [4.78, 5) is 39.8. The second-order valence-electron chi connectivity index (χ2n) is 8.80. The van der Waals surface area contributed by atoms with Crippen LogP contribution in [0.3, 0.4) is 0 Å². The standard InChI is InChI=1S/C25H21NO4/c27-21(12-14-4-2-1-3-5-14)30-16-8-6-15(7-9-16)26-24(28)22-17-10-11-18(20-13-19(17)20)23(22)25(26)29/h1-11,17-20,22-23H,12-13H2/t17-,18-,19-,20-,22-,23+/m1/s1. The number of allylic oxidation sites excluding steroid dienone is 2. The number of nitrogens with zero attached hydrogens (tertiary/aromatic N) is 1. The van der Waals surface area contributed by atoms with Crippen molar-refractivity contribution in [3.8, 4) is 5.75 Å². The molecule has 1 aliphatic heterocycles. The summed E-state index contributed by atoms with van der Waals surface area (Å²) in [6, 6.07) is 16.1. The summed E-state index contributed by atoms with van der Waals surface area (Å²) in [6.45, 7) is 0. The minimum atomic E-state index is -0.352. The molecule has 2 aromatic rings. The van der Waals surface area contributed by atoms with Gasteiger partial charge in [-0.25, -0.2) is 0 Å². The van der Waals surface area contributed by atoms with Crippen LogP contribution in [-0.2, 0) is 20.8 Å². The maximum Gasteiger partial charge on any atom is 0.315 e. The molecule has 1 saturated heterocycles. The van der Waals surface area contributed by atoms with Crippen LogP contribution in [-0.4, -0.2) is 17.8 Å². The molecule has 5 nitrogen and oxygen atoms in total. The summed E-state index contributed by atoms with van der Waals surface area (Å²) < 4.78 is 5.41. The number of rotatable bonds is 4. The van der Waals surface area contributed by atoms with Gasteiger partial charge in [-0.15, -0.1) is 0 Å². The maximum absolute atomic E-state index is 13.2. The van der Waals surface area contributed by atoms with Gasteiger partial charge in [0.1, 0.15) is 5.75 Å². The first-order valence-corrected chi connectivity index (χ1v) is 10.5. The summed E-state index contributed by atoms with van der Waals surface area (Å²) in [5, 5.41) is 0. The average Bonchev–Trinajstić information content (AvgIpc) is 3.53. The SMILES string of the molecule is O=C(Cc1ccccc1)Oc1ccc(N2C(=O)[C@@H]3[C@@H]4C=C[C@H]([C@H]5C[C@H]45)[C@@H]3C2=O)cc1. The van der Waals surface area contributed by atoms with Crippen LogP contribution in [0.2, 0.25) is 0 Å². The highest BCUT2D eigenvalue weighted by Crippen LogP contribution is 2.65. The van der Waals surface area contributed by atoms with Crippen LogP contribution in [0.15, 0.2) is 66.7 Å². The molecular formula is C25H21NO4. The molecule has 30 heavy (non-hydrogen) atoms. The van der Waals surface area contributed by atoms with Gasteiger partial charge in [-0.3, -0.25) is 19.3 Å². The maximum atomic E-state index is 13.2. The predicted octanol–water partition coefficient (Wildman–Crippen LogP) is 3.39. The first-order chi connectivity index (χ1) is 14.6. The highest BCUT2D eigenvalue weighted by atomic mass is 16.5. The Labute approximate surface area is 174 Å². The molecule has 6 atom stereocenters. The van der Waals surface area contributed by atoms with Crippen LogP contribution in [0, 0.1) is 35.5 Å². The predicted molar refractivity (Wildman–Crippen MR) is 109 cm³/mol. The Morgan fingerprint density at radius 1 is 0.867 bits per heavy atom. The average molecular weight is 399 g/mol. The minimum absolute atomic E-state index is 0.0801. The third kappa shape index (κ3) is 2.58. The number of benzene rings is 2. The molecule has 2 bridgehead atoms. The van der Waals surface area contributed by atoms with E-state index in [1.165, 1.54) is 4.90 Å². The molecule has 0 spiro atoms. The van der Waals surface area contributed by atoms with Crippen molar-refractivity contribution in [3.63, 3.8) is 0 Å². The molecule has 0 aromatic heterocycles. The molecular weight excluding hydrogens is 378 g/mol. The topological polar surface area (TPSA) is 63.7 Å². The molecule has 1 heterocycles. The fourth-order valence-electron chi connectivity index (χ4n) is 5.80. The number of ether oxygens (including phenoxy) is 1. The Kier molecular flexibility index (Phi) is 3.76. The quantitative estimate of drug-likeness (QED) is 0.342. The van der Waals surface area contributed by atoms with Crippen molar-refractivity contribution in [3.05, 3.63) is 72.3 Å². The van der Waals surface area contributed by atoms with E-state index in [2.05, 4.69) is 12.2 Å². The Hall–Kier alpha value is -3.21. The van der Waals surface area contributed by atoms with E-state index in [9.17, 15) is 14.4 Å². The number of esters is 1. The number of carbonyl (C=O) groups is 3. The molecule has 5 heteroatoms. The van der Waals surface area contributed by atoms with Crippen molar-refractivity contribution in [2.45, 2.75) is 12.8 Å². The van der Waals surface area contributed by atoms with Crippen LogP contribution in [0.5, 0.6) is 5.75 Å². The molecule has 150 valence electrons. The third-order valence-electron chi connectivity index (χ3n) is 7.18. The normalized spacial score (nSPS) is 32.7. The van der Waals surface area contributed by atoms with Crippen LogP contribution in [0.1, 0.15) is 12.0 Å². The highest BCUT2D eigenvalue weighted by molar-refractivity contribution is 6.22. The fraction of sp³-hybridized carbons (Fsp3) is 0.320. The molecule has 7 rings (SSSR count). The molecule has 0 radical (unpaired) electrons. The van der Waals surface area contributed by atoms with Gasteiger partial charge in [0.15, 0.2) is 0 Å². The van der Waals surface area contributed by atoms with E-state index < -0.39 is 0 Å². The van der Waals surface area contributed by atoms with Crippen LogP contribution >= 0.6 is 0 Å². The van der Waals surface area contributed by atoms with Gasteiger partial charge < -0.3 is 4.74 Å². The van der Waals surface area contributed by atoms with E-state index in [0.717, 1.165) is 12.0 Å². The summed E-state index contributed by atoms with van der Waals surface area (Å²) in [5.41, 5.74) is 1.44. The van der Waals surface area contributed by atoms with Crippen molar-refractivity contribution in [1.29, 1.82) is 0 Å². The molecule has 2 saturated carbocycles. The van der Waals surface area contributed by atoms with E-state index in [1.807, 2.05) is 30.3 Å². The molecule has 0 unspecified atom stereocenters. The van der Waals surface area contributed by atoms with Gasteiger partial charge >= 0.3 is 5.97 Å². The van der Waals surface area contributed by atoms with Crippen molar-refractivity contribution in [1.82, 2.24) is 0 Å². The largest absolute Gasteiger partial charge is 0.426 e. The van der Waals surface area contributed by atoms with E-state index in [0.29, 0.717) is 23.3 Å². The van der Waals surface area contributed by atoms with E-state index in [-0.39, 0.29) is 47.9 Å². The lowest BCUT2D eigenvalue weighted by atomic mass is 9.63. The van der Waals surface area contributed by atoms with E-state index in [4.69, 9.17) is 4.74 Å². The zero-order chi connectivity index (χ0) is 20.4. The van der Waals surface area contributed by atoms with Gasteiger partial charge in [0, 0.05) is 0 Å². The lowest BCUT2D eigenvalue weighted by molar-refractivity contribution is -0.133. The number of anilines is 1. The van der Waals surface area contributed by atoms with Gasteiger partial charge in [-0.2, -0.15) is 0 Å². The molecule has 4 aliphatic carbocycles. The Morgan fingerprint density at radius 3 is 2.07 bits per heavy atom. The third-order valence-corrected chi connectivity index (χ3v) is 7.18. The Bertz CT molecular complexity index is 1040. The molecule has 5 aliphatic rings. The van der Waals surface area contributed by atoms with E-state index in [1.54, 1.807) is 24.3 Å². The zero-order valence-electron chi connectivity index (χ0n) is 16.3. The van der Waals surface area contributed by atoms with Crippen LogP contribution < -0.4 is 9.64 Å². The lowest BCUT2D eigenvalue weighted by Crippen LogP contribution is -2.40. The summed E-state index contributed by atoms with van der Waals surface area (Å²) in [6.07, 6.45) is 5.68. The van der Waals surface area contributed by atoms with Crippen molar-refractivity contribution in [2.24, 2.45) is 35.5 Å². The molecule has 2 amide bonds. The molecule has 0 N–H and O–H groups in total. The number of imide groups is 1. The summed E-state index contributed by atoms with van der Waals surface area (Å²) in [7, 11) is 0.